The molecule has 0 saturated carbocycles. The van der Waals surface area contributed by atoms with Gasteiger partial charge in [0.1, 0.15) is 36.4 Å². The maximum atomic E-state index is 14.9. The van der Waals surface area contributed by atoms with Gasteiger partial charge in [0.25, 0.3) is 5.91 Å². The summed E-state index contributed by atoms with van der Waals surface area (Å²) < 4.78 is 60.5. The number of nitrogens with zero attached hydrogens (tertiary/aromatic N) is 1. The third-order valence-corrected chi connectivity index (χ3v) is 15.9. The lowest BCUT2D eigenvalue weighted by atomic mass is 9.91. The summed E-state index contributed by atoms with van der Waals surface area (Å²) in [5.74, 6) is -8.01. The molecule has 2 aliphatic rings. The number of hydrogen-bond donors (Lipinski definition) is 6. The molecule has 1 aliphatic carbocycles. The summed E-state index contributed by atoms with van der Waals surface area (Å²) in [6, 6.07) is 23.2. The molecular weight excluding hydrogens is 1090 g/mol. The van der Waals surface area contributed by atoms with Gasteiger partial charge in [-0.15, -0.1) is 0 Å². The minimum absolute atomic E-state index is 0.0164. The number of hydrogen-bond acceptors (Lipinski definition) is 16. The van der Waals surface area contributed by atoms with E-state index in [1.165, 1.54) is 7.11 Å². The van der Waals surface area contributed by atoms with Crippen molar-refractivity contribution in [1.29, 1.82) is 0 Å². The van der Waals surface area contributed by atoms with E-state index in [0.29, 0.717) is 28.0 Å². The van der Waals surface area contributed by atoms with Gasteiger partial charge in [0.2, 0.25) is 11.8 Å². The molecule has 7 N–H and O–H groups in total. The molecule has 4 aromatic rings. The molecule has 4 amide bonds. The highest BCUT2D eigenvalue weighted by Crippen LogP contribution is 2.44. The molecule has 1 heterocycles. The van der Waals surface area contributed by atoms with E-state index in [1.807, 2.05) is 48.5 Å². The number of esters is 2. The average molecular weight is 1170 g/mol. The minimum Gasteiger partial charge on any atom is -0.496 e. The van der Waals surface area contributed by atoms with Crippen molar-refractivity contribution in [2.75, 3.05) is 53.0 Å². The normalized spacial score (nSPS) is 15.7. The van der Waals surface area contributed by atoms with Crippen molar-refractivity contribution in [1.82, 2.24) is 26.6 Å². The van der Waals surface area contributed by atoms with Gasteiger partial charge in [0.15, 0.2) is 32.9 Å². The van der Waals surface area contributed by atoms with Gasteiger partial charge in [0, 0.05) is 18.9 Å². The quantitative estimate of drug-likeness (QED) is 0.0169. The number of ketones is 1. The summed E-state index contributed by atoms with van der Waals surface area (Å²) >= 11 is 0. The number of Topliss-reactive ketones (excluding diaryl/α,β-unsaturated/α-hetero) is 1. The lowest BCUT2D eigenvalue weighted by molar-refractivity contribution is -0.267. The summed E-state index contributed by atoms with van der Waals surface area (Å²) in [6.45, 7) is 11.7. The number of rotatable bonds is 25. The molecule has 1 fully saturated rings. The van der Waals surface area contributed by atoms with Gasteiger partial charge in [-0.05, 0) is 125 Å². The van der Waals surface area contributed by atoms with Crippen LogP contribution in [-0.2, 0) is 68.7 Å². The second-order valence-electron chi connectivity index (χ2n) is 22.1. The van der Waals surface area contributed by atoms with Gasteiger partial charge in [-0.3, -0.25) is 28.8 Å². The number of methoxy groups -OCH3 is 2. The molecule has 6 rings (SSSR count). The van der Waals surface area contributed by atoms with Crippen LogP contribution in [0.1, 0.15) is 99.6 Å². The summed E-state index contributed by atoms with van der Waals surface area (Å²) in [5.41, 5.74) is 9.51. The van der Waals surface area contributed by atoms with Gasteiger partial charge in [-0.1, -0.05) is 78.9 Å². The zero-order valence-corrected chi connectivity index (χ0v) is 49.5. The van der Waals surface area contributed by atoms with Crippen LogP contribution in [0.5, 0.6) is 5.75 Å². The molecule has 0 unspecified atom stereocenters. The maximum Gasteiger partial charge on any atom is 0.407 e. The summed E-state index contributed by atoms with van der Waals surface area (Å²) in [4.78, 5) is 101. The maximum absolute atomic E-state index is 14.9. The van der Waals surface area contributed by atoms with E-state index < -0.39 is 125 Å². The molecule has 0 bridgehead atoms. The molecule has 3 atom stereocenters. The van der Waals surface area contributed by atoms with Gasteiger partial charge in [-0.2, -0.15) is 0 Å². The molecule has 0 spiro atoms. The lowest BCUT2D eigenvalue weighted by Gasteiger charge is -2.43. The van der Waals surface area contributed by atoms with Crippen molar-refractivity contribution in [2.24, 2.45) is 16.6 Å². The van der Waals surface area contributed by atoms with E-state index in [1.54, 1.807) is 91.8 Å². The first kappa shape index (κ1) is 64.3. The number of nitrogens with one attached hydrogen (secondary N) is 5. The monoisotopic (exact) mass is 1170 g/mol. The fourth-order valence-corrected chi connectivity index (χ4v) is 11.5. The Morgan fingerprint density at radius 1 is 0.807 bits per heavy atom. The minimum atomic E-state index is -3.97. The van der Waals surface area contributed by atoms with Crippen molar-refractivity contribution in [3.8, 4) is 16.9 Å². The topological polar surface area (TPSA) is 308 Å². The Morgan fingerprint density at radius 3 is 2.02 bits per heavy atom. The molecule has 4 aromatic carbocycles. The van der Waals surface area contributed by atoms with Crippen LogP contribution in [0.25, 0.3) is 11.1 Å². The van der Waals surface area contributed by atoms with E-state index in [2.05, 4.69) is 31.6 Å². The Morgan fingerprint density at radius 2 is 1.42 bits per heavy atom. The van der Waals surface area contributed by atoms with Gasteiger partial charge in [0.05, 0.1) is 50.7 Å². The van der Waals surface area contributed by atoms with Crippen molar-refractivity contribution in [3.05, 3.63) is 118 Å². The molecule has 0 radical (unpaired) electrons. The predicted octanol–water partition coefficient (Wildman–Crippen LogP) is 4.91. The summed E-state index contributed by atoms with van der Waals surface area (Å²) in [6.07, 6.45) is -2.04. The Labute approximate surface area is 484 Å². The fourth-order valence-electron chi connectivity index (χ4n) is 9.85. The lowest BCUT2D eigenvalue weighted by Crippen LogP contribution is -2.71. The highest BCUT2D eigenvalue weighted by molar-refractivity contribution is 7.91. The number of aliphatic imine (C=N–C) groups is 1. The van der Waals surface area contributed by atoms with E-state index >= 15 is 0 Å². The van der Waals surface area contributed by atoms with Crippen molar-refractivity contribution >= 4 is 57.3 Å². The Hall–Kier alpha value is -7.89. The first-order chi connectivity index (χ1) is 39.2. The third kappa shape index (κ3) is 17.3. The Balaban J connectivity index is 1.20. The zero-order chi connectivity index (χ0) is 60.9. The second-order valence-corrected chi connectivity index (χ2v) is 24.0. The smallest absolute Gasteiger partial charge is 0.407 e. The number of aryl methyl sites for hydroxylation is 1. The molecule has 0 aromatic heterocycles. The average Bonchev–Trinajstić information content (AvgIpc) is 3.97. The molecule has 23 heteroatoms. The summed E-state index contributed by atoms with van der Waals surface area (Å²) in [7, 11) is -1.35. The predicted molar refractivity (Wildman–Crippen MR) is 308 cm³/mol. The number of amides is 4. The number of guanidine groups is 1. The number of nitrogens with two attached hydrogens (primary N) is 1. The van der Waals surface area contributed by atoms with Crippen LogP contribution < -0.4 is 37.1 Å². The van der Waals surface area contributed by atoms with Crippen LogP contribution in [-0.4, -0.2) is 138 Å². The van der Waals surface area contributed by atoms with E-state index in [4.69, 9.17) is 34.2 Å². The second kappa shape index (κ2) is 27.9. The van der Waals surface area contributed by atoms with Crippen molar-refractivity contribution in [2.45, 2.75) is 127 Å². The molecule has 22 nitrogen and oxygen atoms in total. The SMILES string of the molecule is COC(=O)[C@H](CC(=O)OC(C)(C)C)CC(=O)[C@H](Cc1ccccc1)NC(=O)C1(NC(=O)[C@H](CCCN/C(N)=N/CS(=O)(=O)c2c(C)cc(OC)c(C)c2C)NC(=O)CNC(=O)OCC2c3ccccc3-c3ccccc32)COC(C)(C)OC1. The Kier molecular flexibility index (Phi) is 21.6. The van der Waals surface area contributed by atoms with Gasteiger partial charge >= 0.3 is 18.0 Å². The first-order valence-electron chi connectivity index (χ1n) is 27.2. The van der Waals surface area contributed by atoms with E-state index in [9.17, 15) is 42.0 Å². The molecule has 83 heavy (non-hydrogen) atoms. The van der Waals surface area contributed by atoms with Crippen LogP contribution in [0, 0.1) is 26.7 Å². The largest absolute Gasteiger partial charge is 0.496 e. The number of alkyl carbamates (subject to hydrolysis) is 1. The van der Waals surface area contributed by atoms with Crippen LogP contribution in [0.4, 0.5) is 4.79 Å². The van der Waals surface area contributed by atoms with E-state index in [0.717, 1.165) is 29.4 Å². The Bertz CT molecular complexity index is 3120. The number of carbonyl (C=O) groups excluding carboxylic acids is 7. The number of fused-ring (bicyclic) bond motifs is 3. The van der Waals surface area contributed by atoms with Crippen molar-refractivity contribution < 1.29 is 70.4 Å². The van der Waals surface area contributed by atoms with E-state index in [-0.39, 0.29) is 49.2 Å². The third-order valence-electron chi connectivity index (χ3n) is 14.2. The van der Waals surface area contributed by atoms with Gasteiger partial charge in [-0.25, -0.2) is 18.2 Å². The number of carbonyl (C=O) groups is 7. The zero-order valence-electron chi connectivity index (χ0n) is 48.7. The highest BCUT2D eigenvalue weighted by atomic mass is 32.2. The van der Waals surface area contributed by atoms with Crippen LogP contribution in [0.15, 0.2) is 94.8 Å². The molecule has 1 aliphatic heterocycles. The molecular formula is C60H77N7O15S. The fraction of sp³-hybridized carbons (Fsp3) is 0.467. The first-order valence-corrected chi connectivity index (χ1v) is 28.9. The molecule has 1 saturated heterocycles. The molecule has 448 valence electrons. The highest BCUT2D eigenvalue weighted by Gasteiger charge is 2.49. The summed E-state index contributed by atoms with van der Waals surface area (Å²) in [5, 5.41) is 13.4. The van der Waals surface area contributed by atoms with Crippen molar-refractivity contribution in [3.63, 3.8) is 0 Å². The standard InChI is InChI=1S/C60H77N7O15S/c1-36-27-49(77-9)37(2)38(3)52(36)83(75,76)35-64-56(61)62-26-18-25-46(65-50(69)31-63-57(74)79-32-45-43-23-16-14-21-41(43)42-22-15-17-24-44(42)45)53(71)67-60(33-80-59(7,8)81-34-60)55(73)66-47(28-39-19-12-11-13-20-39)48(68)29-40(54(72)78-10)30-51(70)82-58(4,5)6/h11-17,19-24,27,40,45-47H,18,25-26,28-35H2,1-10H3,(H,63,74)(H,65,69)(H,66,73)(H,67,71)(H3,61,62,64)/t40-,46-,47-/m0/s1. The van der Waals surface area contributed by atoms with Gasteiger partial charge < -0.3 is 60.7 Å². The number of sulfone groups is 1. The van der Waals surface area contributed by atoms with Crippen LogP contribution >= 0.6 is 0 Å². The van der Waals surface area contributed by atoms with Crippen LogP contribution in [0.2, 0.25) is 0 Å². The number of benzene rings is 4. The number of ether oxygens (including phenoxy) is 6. The van der Waals surface area contributed by atoms with Crippen LogP contribution in [0.3, 0.4) is 0 Å².